The second-order valence-corrected chi connectivity index (χ2v) is 4.64. The van der Waals surface area contributed by atoms with Gasteiger partial charge in [0.15, 0.2) is 0 Å². The highest BCUT2D eigenvalue weighted by Crippen LogP contribution is 2.20. The number of rotatable bonds is 6. The van der Waals surface area contributed by atoms with Crippen LogP contribution in [0.1, 0.15) is 31.2 Å². The minimum absolute atomic E-state index is 0.0208. The summed E-state index contributed by atoms with van der Waals surface area (Å²) in [6, 6.07) is 3.70. The molecular weight excluding hydrogens is 254 g/mol. The third kappa shape index (κ3) is 3.66. The lowest BCUT2D eigenvalue weighted by Crippen LogP contribution is -2.26. The van der Waals surface area contributed by atoms with Crippen molar-refractivity contribution < 1.29 is 9.21 Å². The molecule has 0 fully saturated rings. The lowest BCUT2D eigenvalue weighted by atomic mass is 10.2. The topological polar surface area (TPSA) is 68.0 Å². The quantitative estimate of drug-likeness (QED) is 0.821. The summed E-state index contributed by atoms with van der Waals surface area (Å²) in [5.74, 6) is 1.16. The van der Waals surface area contributed by atoms with E-state index in [2.05, 4.69) is 22.2 Å². The highest BCUT2D eigenvalue weighted by molar-refractivity contribution is 5.78. The molecule has 0 aliphatic carbocycles. The number of amides is 1. The second kappa shape index (κ2) is 6.84. The van der Waals surface area contributed by atoms with Crippen LogP contribution in [0.4, 0.5) is 0 Å². The molecule has 0 bridgehead atoms. The number of carbonyl (C=O) groups is 1. The van der Waals surface area contributed by atoms with Gasteiger partial charge in [0.2, 0.25) is 11.8 Å². The Morgan fingerprint density at radius 1 is 1.45 bits per heavy atom. The van der Waals surface area contributed by atoms with Gasteiger partial charge in [0, 0.05) is 18.9 Å². The molecule has 20 heavy (non-hydrogen) atoms. The average molecular weight is 273 g/mol. The van der Waals surface area contributed by atoms with Crippen LogP contribution in [0.25, 0.3) is 11.5 Å². The van der Waals surface area contributed by atoms with Gasteiger partial charge < -0.3 is 9.73 Å². The normalized spacial score (nSPS) is 10.5. The Morgan fingerprint density at radius 2 is 2.30 bits per heavy atom. The Labute approximate surface area is 118 Å². The maximum Gasteiger partial charge on any atom is 0.228 e. The van der Waals surface area contributed by atoms with E-state index in [0.29, 0.717) is 23.9 Å². The summed E-state index contributed by atoms with van der Waals surface area (Å²) in [7, 11) is 0. The molecule has 106 valence electrons. The van der Waals surface area contributed by atoms with E-state index >= 15 is 0 Å². The fourth-order valence-corrected chi connectivity index (χ4v) is 1.82. The summed E-state index contributed by atoms with van der Waals surface area (Å²) >= 11 is 0. The number of aromatic nitrogens is 2. The average Bonchev–Trinajstić information content (AvgIpc) is 2.81. The van der Waals surface area contributed by atoms with Crippen LogP contribution < -0.4 is 5.32 Å². The van der Waals surface area contributed by atoms with Crippen molar-refractivity contribution in [2.75, 3.05) is 6.54 Å². The van der Waals surface area contributed by atoms with Gasteiger partial charge in [-0.25, -0.2) is 4.98 Å². The van der Waals surface area contributed by atoms with E-state index in [9.17, 15) is 4.79 Å². The third-order valence-electron chi connectivity index (χ3n) is 2.98. The summed E-state index contributed by atoms with van der Waals surface area (Å²) in [4.78, 5) is 20.2. The van der Waals surface area contributed by atoms with Crippen molar-refractivity contribution in [1.29, 1.82) is 0 Å². The number of aryl methyl sites for hydroxylation is 1. The number of unbranched alkanes of at least 4 members (excludes halogenated alkanes) is 1. The molecule has 0 radical (unpaired) electrons. The van der Waals surface area contributed by atoms with Gasteiger partial charge in [-0.3, -0.25) is 9.78 Å². The summed E-state index contributed by atoms with van der Waals surface area (Å²) in [6.07, 6.45) is 5.69. The maximum atomic E-state index is 11.8. The summed E-state index contributed by atoms with van der Waals surface area (Å²) in [5, 5.41) is 2.88. The molecular formula is C15H19N3O2. The summed E-state index contributed by atoms with van der Waals surface area (Å²) in [5.41, 5.74) is 1.49. The first-order chi connectivity index (χ1) is 9.70. The molecule has 2 aromatic rings. The number of pyridine rings is 1. The largest absolute Gasteiger partial charge is 0.441 e. The van der Waals surface area contributed by atoms with E-state index in [1.807, 2.05) is 19.1 Å². The maximum absolute atomic E-state index is 11.8. The van der Waals surface area contributed by atoms with Crippen molar-refractivity contribution in [3.8, 4) is 11.5 Å². The van der Waals surface area contributed by atoms with Crippen LogP contribution in [0.2, 0.25) is 0 Å². The predicted octanol–water partition coefficient (Wildman–Crippen LogP) is 2.50. The minimum Gasteiger partial charge on any atom is -0.441 e. The van der Waals surface area contributed by atoms with Gasteiger partial charge in [-0.05, 0) is 25.5 Å². The van der Waals surface area contributed by atoms with Gasteiger partial charge in [0.25, 0.3) is 0 Å². The fourth-order valence-electron chi connectivity index (χ4n) is 1.82. The molecule has 0 atom stereocenters. The van der Waals surface area contributed by atoms with Crippen molar-refractivity contribution in [2.45, 2.75) is 33.1 Å². The number of nitrogens with one attached hydrogen (secondary N) is 1. The molecule has 1 N–H and O–H groups in total. The van der Waals surface area contributed by atoms with Gasteiger partial charge in [0.05, 0.1) is 17.7 Å². The Balaban J connectivity index is 2.03. The van der Waals surface area contributed by atoms with Gasteiger partial charge in [-0.2, -0.15) is 0 Å². The van der Waals surface area contributed by atoms with E-state index in [-0.39, 0.29) is 12.3 Å². The van der Waals surface area contributed by atoms with Crippen LogP contribution in [0.3, 0.4) is 0 Å². The van der Waals surface area contributed by atoms with Crippen molar-refractivity contribution in [3.63, 3.8) is 0 Å². The van der Waals surface area contributed by atoms with Crippen LogP contribution in [0.5, 0.6) is 0 Å². The van der Waals surface area contributed by atoms with Crippen LogP contribution in [0, 0.1) is 6.92 Å². The molecule has 1 amide bonds. The number of hydrogen-bond acceptors (Lipinski definition) is 4. The zero-order valence-electron chi connectivity index (χ0n) is 11.8. The second-order valence-electron chi connectivity index (χ2n) is 4.64. The van der Waals surface area contributed by atoms with Gasteiger partial charge >= 0.3 is 0 Å². The van der Waals surface area contributed by atoms with Crippen LogP contribution in [-0.4, -0.2) is 22.4 Å². The van der Waals surface area contributed by atoms with Gasteiger partial charge in [-0.1, -0.05) is 13.3 Å². The lowest BCUT2D eigenvalue weighted by molar-refractivity contribution is -0.120. The van der Waals surface area contributed by atoms with E-state index in [4.69, 9.17) is 4.42 Å². The molecule has 5 nitrogen and oxygen atoms in total. The predicted molar refractivity (Wildman–Crippen MR) is 76.1 cm³/mol. The Bertz CT molecular complexity index is 564. The molecule has 0 saturated carbocycles. The summed E-state index contributed by atoms with van der Waals surface area (Å²) < 4.78 is 5.60. The fraction of sp³-hybridized carbons (Fsp3) is 0.400. The monoisotopic (exact) mass is 273 g/mol. The molecule has 2 heterocycles. The molecule has 0 saturated heterocycles. The van der Waals surface area contributed by atoms with Crippen LogP contribution in [-0.2, 0) is 11.2 Å². The van der Waals surface area contributed by atoms with Gasteiger partial charge in [-0.15, -0.1) is 0 Å². The summed E-state index contributed by atoms with van der Waals surface area (Å²) in [6.45, 7) is 4.62. The molecule has 0 aromatic carbocycles. The van der Waals surface area contributed by atoms with E-state index in [0.717, 1.165) is 18.4 Å². The zero-order valence-corrected chi connectivity index (χ0v) is 11.8. The van der Waals surface area contributed by atoms with Crippen molar-refractivity contribution >= 4 is 5.91 Å². The minimum atomic E-state index is -0.0208. The molecule has 0 unspecified atom stereocenters. The molecule has 5 heteroatoms. The number of oxazole rings is 1. The highest BCUT2D eigenvalue weighted by atomic mass is 16.4. The highest BCUT2D eigenvalue weighted by Gasteiger charge is 2.14. The number of nitrogens with zero attached hydrogens (tertiary/aromatic N) is 2. The molecule has 2 aromatic heterocycles. The standard InChI is InChI=1S/C15H19N3O2/c1-3-4-8-17-14(19)9-13-11(2)20-15(18-13)12-6-5-7-16-10-12/h5-7,10H,3-4,8-9H2,1-2H3,(H,17,19). The van der Waals surface area contributed by atoms with E-state index in [1.54, 1.807) is 12.4 Å². The Kier molecular flexibility index (Phi) is 4.87. The van der Waals surface area contributed by atoms with Gasteiger partial charge in [0.1, 0.15) is 5.76 Å². The lowest BCUT2D eigenvalue weighted by Gasteiger charge is -2.02. The van der Waals surface area contributed by atoms with Crippen LogP contribution >= 0.6 is 0 Å². The first kappa shape index (κ1) is 14.2. The molecule has 0 aliphatic heterocycles. The van der Waals surface area contributed by atoms with Crippen molar-refractivity contribution in [2.24, 2.45) is 0 Å². The van der Waals surface area contributed by atoms with E-state index in [1.165, 1.54) is 0 Å². The first-order valence-corrected chi connectivity index (χ1v) is 6.84. The molecule has 0 spiro atoms. The molecule has 2 rings (SSSR count). The Morgan fingerprint density at radius 3 is 3.00 bits per heavy atom. The number of hydrogen-bond donors (Lipinski definition) is 1. The third-order valence-corrected chi connectivity index (χ3v) is 2.98. The van der Waals surface area contributed by atoms with Crippen molar-refractivity contribution in [3.05, 3.63) is 36.0 Å². The smallest absolute Gasteiger partial charge is 0.228 e. The van der Waals surface area contributed by atoms with Crippen molar-refractivity contribution in [1.82, 2.24) is 15.3 Å². The first-order valence-electron chi connectivity index (χ1n) is 6.84. The van der Waals surface area contributed by atoms with Crippen LogP contribution in [0.15, 0.2) is 28.9 Å². The Hall–Kier alpha value is -2.17. The zero-order chi connectivity index (χ0) is 14.4. The SMILES string of the molecule is CCCCNC(=O)Cc1nc(-c2cccnc2)oc1C. The van der Waals surface area contributed by atoms with E-state index < -0.39 is 0 Å². The number of carbonyl (C=O) groups excluding carboxylic acids is 1. The molecule has 0 aliphatic rings.